The Bertz CT molecular complexity index is 1140. The highest BCUT2D eigenvalue weighted by Crippen LogP contribution is 2.34. The van der Waals surface area contributed by atoms with E-state index in [0.717, 1.165) is 27.4 Å². The molecule has 0 bridgehead atoms. The van der Waals surface area contributed by atoms with E-state index >= 15 is 0 Å². The predicted molar refractivity (Wildman–Crippen MR) is 124 cm³/mol. The van der Waals surface area contributed by atoms with Crippen LogP contribution in [0, 0.1) is 0 Å². The number of thiophene rings is 1. The summed E-state index contributed by atoms with van der Waals surface area (Å²) in [6, 6.07) is 23.4. The van der Waals surface area contributed by atoms with Crippen molar-refractivity contribution in [1.82, 2.24) is 14.7 Å². The highest BCUT2D eigenvalue weighted by Gasteiger charge is 2.26. The Morgan fingerprint density at radius 2 is 1.71 bits per heavy atom. The Kier molecular flexibility index (Phi) is 6.18. The van der Waals surface area contributed by atoms with E-state index < -0.39 is 0 Å². The van der Waals surface area contributed by atoms with E-state index in [2.05, 4.69) is 0 Å². The molecule has 0 aliphatic heterocycles. The van der Waals surface area contributed by atoms with Crippen LogP contribution in [0.1, 0.15) is 29.1 Å². The van der Waals surface area contributed by atoms with Crippen LogP contribution in [0.25, 0.3) is 11.3 Å². The number of aromatic nitrogens is 2. The van der Waals surface area contributed by atoms with Crippen molar-refractivity contribution in [2.45, 2.75) is 26.4 Å². The van der Waals surface area contributed by atoms with Gasteiger partial charge in [0.2, 0.25) is 5.88 Å². The van der Waals surface area contributed by atoms with E-state index in [1.807, 2.05) is 104 Å². The largest absolute Gasteiger partial charge is 0.439 e. The molecule has 0 radical (unpaired) electrons. The summed E-state index contributed by atoms with van der Waals surface area (Å²) >= 11 is 1.46. The summed E-state index contributed by atoms with van der Waals surface area (Å²) < 4.78 is 8.01. The molecule has 4 aromatic rings. The number of rotatable bonds is 7. The van der Waals surface area contributed by atoms with Gasteiger partial charge in [0.25, 0.3) is 5.91 Å². The van der Waals surface area contributed by atoms with Crippen molar-refractivity contribution in [2.75, 3.05) is 0 Å². The van der Waals surface area contributed by atoms with Crippen molar-refractivity contribution >= 4 is 17.2 Å². The standard InChI is InChI=1S/C25H25N3O2S/c1-18(2)28(24(29)22-15-10-16-31-22)17-21-23(19-11-6-4-7-12-19)26-27(3)25(21)30-20-13-8-5-9-14-20/h4-16,18H,17H2,1-3H3. The number of benzene rings is 2. The van der Waals surface area contributed by atoms with Crippen LogP contribution in [0.5, 0.6) is 11.6 Å². The van der Waals surface area contributed by atoms with Crippen LogP contribution >= 0.6 is 11.3 Å². The third-order valence-electron chi connectivity index (χ3n) is 5.04. The van der Waals surface area contributed by atoms with Gasteiger partial charge >= 0.3 is 0 Å². The van der Waals surface area contributed by atoms with Crippen molar-refractivity contribution in [3.05, 3.63) is 88.6 Å². The van der Waals surface area contributed by atoms with Gasteiger partial charge in [-0.3, -0.25) is 4.79 Å². The Morgan fingerprint density at radius 3 is 2.32 bits per heavy atom. The van der Waals surface area contributed by atoms with Crippen LogP contribution in [-0.4, -0.2) is 26.6 Å². The van der Waals surface area contributed by atoms with Gasteiger partial charge in [0.15, 0.2) is 0 Å². The van der Waals surface area contributed by atoms with E-state index in [0.29, 0.717) is 12.4 Å². The van der Waals surface area contributed by atoms with Crippen LogP contribution in [0.15, 0.2) is 78.2 Å². The quantitative estimate of drug-likeness (QED) is 0.361. The lowest BCUT2D eigenvalue weighted by atomic mass is 10.1. The third kappa shape index (κ3) is 4.54. The van der Waals surface area contributed by atoms with Crippen molar-refractivity contribution < 1.29 is 9.53 Å². The Morgan fingerprint density at radius 1 is 1.03 bits per heavy atom. The second kappa shape index (κ2) is 9.18. The Hall–Kier alpha value is -3.38. The molecular weight excluding hydrogens is 406 g/mol. The third-order valence-corrected chi connectivity index (χ3v) is 5.90. The summed E-state index contributed by atoms with van der Waals surface area (Å²) in [7, 11) is 1.87. The number of aryl methyl sites for hydroxylation is 1. The second-order valence-electron chi connectivity index (χ2n) is 7.54. The zero-order valence-corrected chi connectivity index (χ0v) is 18.7. The molecule has 4 rings (SSSR count). The summed E-state index contributed by atoms with van der Waals surface area (Å²) in [4.78, 5) is 15.8. The molecule has 2 aromatic heterocycles. The lowest BCUT2D eigenvalue weighted by Crippen LogP contribution is -2.36. The number of hydrogen-bond donors (Lipinski definition) is 0. The van der Waals surface area contributed by atoms with Crippen LogP contribution in [0.2, 0.25) is 0 Å². The van der Waals surface area contributed by atoms with Gasteiger partial charge in [-0.2, -0.15) is 5.10 Å². The highest BCUT2D eigenvalue weighted by atomic mass is 32.1. The van der Waals surface area contributed by atoms with Crippen molar-refractivity contribution in [2.24, 2.45) is 7.05 Å². The lowest BCUT2D eigenvalue weighted by Gasteiger charge is -2.26. The van der Waals surface area contributed by atoms with Crippen LogP contribution in [0.4, 0.5) is 0 Å². The van der Waals surface area contributed by atoms with Crippen LogP contribution in [-0.2, 0) is 13.6 Å². The fourth-order valence-electron chi connectivity index (χ4n) is 3.45. The molecular formula is C25H25N3O2S. The smallest absolute Gasteiger partial charge is 0.264 e. The zero-order valence-electron chi connectivity index (χ0n) is 17.9. The number of carbonyl (C=O) groups excluding carboxylic acids is 1. The molecule has 0 aliphatic carbocycles. The molecule has 1 amide bonds. The topological polar surface area (TPSA) is 47.4 Å². The fraction of sp³-hybridized carbons (Fsp3) is 0.200. The summed E-state index contributed by atoms with van der Waals surface area (Å²) in [5, 5.41) is 6.69. The summed E-state index contributed by atoms with van der Waals surface area (Å²) in [5.41, 5.74) is 2.69. The molecule has 0 saturated heterocycles. The summed E-state index contributed by atoms with van der Waals surface area (Å²) in [6.45, 7) is 4.46. The van der Waals surface area contributed by atoms with Crippen LogP contribution < -0.4 is 4.74 Å². The van der Waals surface area contributed by atoms with E-state index in [1.165, 1.54) is 11.3 Å². The minimum Gasteiger partial charge on any atom is -0.439 e. The minimum atomic E-state index is 0.0125. The van der Waals surface area contributed by atoms with Crippen molar-refractivity contribution in [3.63, 3.8) is 0 Å². The molecule has 6 heteroatoms. The minimum absolute atomic E-state index is 0.0125. The van der Waals surface area contributed by atoms with Crippen LogP contribution in [0.3, 0.4) is 0 Å². The van der Waals surface area contributed by atoms with Gasteiger partial charge < -0.3 is 9.64 Å². The first-order valence-corrected chi connectivity index (χ1v) is 11.1. The van der Waals surface area contributed by atoms with E-state index in [-0.39, 0.29) is 11.9 Å². The summed E-state index contributed by atoms with van der Waals surface area (Å²) in [6.07, 6.45) is 0. The molecule has 0 aliphatic rings. The molecule has 0 saturated carbocycles. The second-order valence-corrected chi connectivity index (χ2v) is 8.49. The Labute approximate surface area is 186 Å². The average Bonchev–Trinajstić information content (AvgIpc) is 3.42. The normalized spacial score (nSPS) is 11.0. The van der Waals surface area contributed by atoms with E-state index in [4.69, 9.17) is 9.84 Å². The fourth-order valence-corrected chi connectivity index (χ4v) is 4.13. The Balaban J connectivity index is 1.78. The molecule has 0 spiro atoms. The monoisotopic (exact) mass is 431 g/mol. The molecule has 0 unspecified atom stereocenters. The molecule has 2 aromatic carbocycles. The van der Waals surface area contributed by atoms with Crippen molar-refractivity contribution in [3.8, 4) is 22.9 Å². The molecule has 31 heavy (non-hydrogen) atoms. The van der Waals surface area contributed by atoms with Gasteiger partial charge in [-0.1, -0.05) is 54.6 Å². The molecule has 5 nitrogen and oxygen atoms in total. The van der Waals surface area contributed by atoms with E-state index in [9.17, 15) is 4.79 Å². The molecule has 0 atom stereocenters. The first-order chi connectivity index (χ1) is 15.0. The molecule has 0 fully saturated rings. The SMILES string of the molecule is CC(C)N(Cc1c(-c2ccccc2)nn(C)c1Oc1ccccc1)C(=O)c1cccs1. The number of carbonyl (C=O) groups is 1. The first kappa shape index (κ1) is 20.9. The molecule has 0 N–H and O–H groups in total. The molecule has 158 valence electrons. The maximum Gasteiger partial charge on any atom is 0.264 e. The number of ether oxygens (including phenoxy) is 1. The number of hydrogen-bond acceptors (Lipinski definition) is 4. The first-order valence-electron chi connectivity index (χ1n) is 10.2. The predicted octanol–water partition coefficient (Wildman–Crippen LogP) is 5.99. The number of nitrogens with zero attached hydrogens (tertiary/aromatic N) is 3. The number of amides is 1. The maximum atomic E-state index is 13.2. The van der Waals surface area contributed by atoms with Gasteiger partial charge in [-0.05, 0) is 37.4 Å². The van der Waals surface area contributed by atoms with Gasteiger partial charge in [0, 0.05) is 18.7 Å². The van der Waals surface area contributed by atoms with E-state index in [1.54, 1.807) is 4.68 Å². The number of para-hydroxylation sites is 1. The van der Waals surface area contributed by atoms with Gasteiger partial charge in [0.1, 0.15) is 11.4 Å². The highest BCUT2D eigenvalue weighted by molar-refractivity contribution is 7.12. The molecule has 2 heterocycles. The van der Waals surface area contributed by atoms with Gasteiger partial charge in [0.05, 0.1) is 17.0 Å². The maximum absolute atomic E-state index is 13.2. The zero-order chi connectivity index (χ0) is 21.8. The lowest BCUT2D eigenvalue weighted by molar-refractivity contribution is 0.0694. The average molecular weight is 432 g/mol. The van der Waals surface area contributed by atoms with Gasteiger partial charge in [-0.15, -0.1) is 11.3 Å². The van der Waals surface area contributed by atoms with Crippen molar-refractivity contribution in [1.29, 1.82) is 0 Å². The summed E-state index contributed by atoms with van der Waals surface area (Å²) in [5.74, 6) is 1.38. The van der Waals surface area contributed by atoms with Gasteiger partial charge in [-0.25, -0.2) is 4.68 Å².